The average Bonchev–Trinajstić information content (AvgIpc) is 3.38. The molecule has 0 atom stereocenters. The van der Waals surface area contributed by atoms with Crippen LogP contribution in [0.1, 0.15) is 45.7 Å². The molecule has 4 heterocycles. The first kappa shape index (κ1) is 22.6. The van der Waals surface area contributed by atoms with Crippen LogP contribution in [0, 0.1) is 6.92 Å². The molecule has 5 rings (SSSR count). The maximum atomic E-state index is 13.3. The number of rotatable bonds is 1. The van der Waals surface area contributed by atoms with Gasteiger partial charge in [0.15, 0.2) is 0 Å². The third-order valence-corrected chi connectivity index (χ3v) is 6.04. The van der Waals surface area contributed by atoms with Gasteiger partial charge in [0, 0.05) is 24.8 Å². The van der Waals surface area contributed by atoms with Crippen LogP contribution in [0.15, 0.2) is 36.5 Å². The zero-order valence-corrected chi connectivity index (χ0v) is 19.9. The van der Waals surface area contributed by atoms with E-state index in [1.807, 2.05) is 18.5 Å². The number of pyridine rings is 1. The SMILES string of the molecule is COC(=O)c1ccc2nc3n(c2c1)CCCCCOc1c(cnn1C)-c1cc(cc(C)n1)C(=O)N3. The van der Waals surface area contributed by atoms with Gasteiger partial charge in [-0.15, -0.1) is 0 Å². The molecule has 180 valence electrons. The predicted molar refractivity (Wildman–Crippen MR) is 130 cm³/mol. The molecule has 10 nitrogen and oxygen atoms in total. The second-order valence-corrected chi connectivity index (χ2v) is 8.51. The van der Waals surface area contributed by atoms with Crippen molar-refractivity contribution < 1.29 is 19.1 Å². The molecule has 0 spiro atoms. The summed E-state index contributed by atoms with van der Waals surface area (Å²) in [7, 11) is 3.17. The van der Waals surface area contributed by atoms with Gasteiger partial charge in [-0.3, -0.25) is 15.1 Å². The Morgan fingerprint density at radius 2 is 2.00 bits per heavy atom. The molecule has 0 fully saturated rings. The zero-order chi connectivity index (χ0) is 24.5. The van der Waals surface area contributed by atoms with Crippen LogP contribution in [0.25, 0.3) is 22.3 Å². The molecule has 0 saturated carbocycles. The number of hydrogen-bond donors (Lipinski definition) is 1. The summed E-state index contributed by atoms with van der Waals surface area (Å²) in [5.74, 6) is 0.326. The monoisotopic (exact) mass is 474 g/mol. The number of hydrogen-bond acceptors (Lipinski definition) is 7. The molecule has 1 amide bonds. The number of amides is 1. The Morgan fingerprint density at radius 3 is 2.83 bits per heavy atom. The van der Waals surface area contributed by atoms with Crippen molar-refractivity contribution in [1.29, 1.82) is 0 Å². The molecule has 0 aliphatic carbocycles. The minimum Gasteiger partial charge on any atom is -0.477 e. The summed E-state index contributed by atoms with van der Waals surface area (Å²) in [6.45, 7) is 3.00. The molecule has 10 heteroatoms. The fourth-order valence-corrected chi connectivity index (χ4v) is 4.29. The average molecular weight is 475 g/mol. The summed E-state index contributed by atoms with van der Waals surface area (Å²) in [6, 6.07) is 8.65. The molecule has 1 aliphatic heterocycles. The number of aryl methyl sites for hydroxylation is 3. The lowest BCUT2D eigenvalue weighted by atomic mass is 10.1. The lowest BCUT2D eigenvalue weighted by Gasteiger charge is -2.11. The van der Waals surface area contributed by atoms with Gasteiger partial charge in [-0.25, -0.2) is 14.5 Å². The zero-order valence-electron chi connectivity index (χ0n) is 19.9. The number of carbonyl (C=O) groups excluding carboxylic acids is 2. The van der Waals surface area contributed by atoms with Crippen molar-refractivity contribution >= 4 is 28.9 Å². The van der Waals surface area contributed by atoms with Crippen molar-refractivity contribution in [2.75, 3.05) is 19.0 Å². The van der Waals surface area contributed by atoms with Crippen molar-refractivity contribution in [3.8, 4) is 17.1 Å². The summed E-state index contributed by atoms with van der Waals surface area (Å²) in [4.78, 5) is 34.7. The van der Waals surface area contributed by atoms with E-state index in [1.54, 1.807) is 41.2 Å². The molecular formula is C25H26N6O4. The first-order chi connectivity index (χ1) is 16.9. The molecule has 4 aromatic rings. The molecule has 1 aromatic carbocycles. The van der Waals surface area contributed by atoms with Crippen molar-refractivity contribution in [3.05, 3.63) is 53.3 Å². The second-order valence-electron chi connectivity index (χ2n) is 8.51. The van der Waals surface area contributed by atoms with Crippen LogP contribution in [0.3, 0.4) is 0 Å². The van der Waals surface area contributed by atoms with Crippen LogP contribution in [-0.4, -0.2) is 49.9 Å². The number of nitrogens with one attached hydrogen (secondary N) is 1. The van der Waals surface area contributed by atoms with E-state index in [0.29, 0.717) is 53.0 Å². The van der Waals surface area contributed by atoms with Crippen molar-refractivity contribution in [1.82, 2.24) is 24.3 Å². The highest BCUT2D eigenvalue weighted by molar-refractivity contribution is 6.05. The van der Waals surface area contributed by atoms with E-state index in [1.165, 1.54) is 7.11 Å². The number of imidazole rings is 1. The molecule has 2 bridgehead atoms. The first-order valence-corrected chi connectivity index (χ1v) is 11.5. The Labute approximate surface area is 201 Å². The van der Waals surface area contributed by atoms with Gasteiger partial charge >= 0.3 is 5.97 Å². The van der Waals surface area contributed by atoms with Crippen LogP contribution >= 0.6 is 0 Å². The van der Waals surface area contributed by atoms with E-state index in [4.69, 9.17) is 9.47 Å². The van der Waals surface area contributed by atoms with Gasteiger partial charge in [0.2, 0.25) is 11.8 Å². The van der Waals surface area contributed by atoms with Gasteiger partial charge in [0.1, 0.15) is 0 Å². The minimum atomic E-state index is -0.422. The number of esters is 1. The van der Waals surface area contributed by atoms with Crippen LogP contribution in [0.5, 0.6) is 5.88 Å². The van der Waals surface area contributed by atoms with E-state index < -0.39 is 5.97 Å². The quantitative estimate of drug-likeness (QED) is 0.418. The highest BCUT2D eigenvalue weighted by atomic mass is 16.5. The normalized spacial score (nSPS) is 14.2. The minimum absolute atomic E-state index is 0.303. The predicted octanol–water partition coefficient (Wildman–Crippen LogP) is 3.74. The van der Waals surface area contributed by atoms with Gasteiger partial charge in [0.05, 0.1) is 47.8 Å². The van der Waals surface area contributed by atoms with Crippen LogP contribution in [-0.2, 0) is 18.3 Å². The number of nitrogens with zero attached hydrogens (tertiary/aromatic N) is 5. The van der Waals surface area contributed by atoms with Crippen molar-refractivity contribution in [3.63, 3.8) is 0 Å². The summed E-state index contributed by atoms with van der Waals surface area (Å²) in [5, 5.41) is 7.29. The summed E-state index contributed by atoms with van der Waals surface area (Å²) in [6.07, 6.45) is 4.29. The van der Waals surface area contributed by atoms with Crippen molar-refractivity contribution in [2.24, 2.45) is 7.05 Å². The molecule has 0 radical (unpaired) electrons. The van der Waals surface area contributed by atoms with E-state index in [2.05, 4.69) is 20.4 Å². The number of carbonyl (C=O) groups is 2. The third-order valence-electron chi connectivity index (χ3n) is 6.04. The Kier molecular flexibility index (Phi) is 5.94. The van der Waals surface area contributed by atoms with E-state index in [0.717, 1.165) is 30.3 Å². The lowest BCUT2D eigenvalue weighted by molar-refractivity contribution is 0.0600. The molecule has 1 N–H and O–H groups in total. The van der Waals surface area contributed by atoms with Crippen LogP contribution < -0.4 is 10.1 Å². The molecule has 3 aromatic heterocycles. The Bertz CT molecular complexity index is 1440. The smallest absolute Gasteiger partial charge is 0.337 e. The summed E-state index contributed by atoms with van der Waals surface area (Å²) >= 11 is 0. The van der Waals surface area contributed by atoms with Gasteiger partial charge < -0.3 is 14.0 Å². The molecule has 1 aliphatic rings. The number of benzene rings is 1. The standard InChI is InChI=1S/C25H26N6O4/c1-15-11-17-12-20(27-15)18-14-26-30(2)23(18)35-10-6-4-5-9-31-21-13-16(24(33)34-3)7-8-19(21)28-25(31)29-22(17)32/h7-8,11-14H,4-6,9-10H2,1-3H3,(H,28,29,32). The van der Waals surface area contributed by atoms with E-state index in [-0.39, 0.29) is 5.91 Å². The second kappa shape index (κ2) is 9.21. The fraction of sp³-hybridized carbons (Fsp3) is 0.320. The maximum Gasteiger partial charge on any atom is 0.337 e. The maximum absolute atomic E-state index is 13.3. The highest BCUT2D eigenvalue weighted by Gasteiger charge is 2.20. The Balaban J connectivity index is 1.59. The number of anilines is 1. The van der Waals surface area contributed by atoms with Gasteiger partial charge in [-0.1, -0.05) is 0 Å². The van der Waals surface area contributed by atoms with Crippen LogP contribution in [0.2, 0.25) is 0 Å². The topological polar surface area (TPSA) is 113 Å². The number of aromatic nitrogens is 5. The highest BCUT2D eigenvalue weighted by Crippen LogP contribution is 2.30. The van der Waals surface area contributed by atoms with Crippen molar-refractivity contribution in [2.45, 2.75) is 32.7 Å². The molecule has 0 saturated heterocycles. The van der Waals surface area contributed by atoms with Gasteiger partial charge in [-0.05, 0) is 56.5 Å². The van der Waals surface area contributed by atoms with Gasteiger partial charge in [-0.2, -0.15) is 5.10 Å². The summed E-state index contributed by atoms with van der Waals surface area (Å²) in [5.41, 5.74) is 4.37. The summed E-state index contributed by atoms with van der Waals surface area (Å²) < 4.78 is 14.6. The third kappa shape index (κ3) is 4.34. The lowest BCUT2D eigenvalue weighted by Crippen LogP contribution is -2.17. The number of ether oxygens (including phenoxy) is 2. The Hall–Kier alpha value is -4.21. The van der Waals surface area contributed by atoms with E-state index in [9.17, 15) is 9.59 Å². The Morgan fingerprint density at radius 1 is 1.14 bits per heavy atom. The largest absolute Gasteiger partial charge is 0.477 e. The number of methoxy groups -OCH3 is 1. The fourth-order valence-electron chi connectivity index (χ4n) is 4.29. The first-order valence-electron chi connectivity index (χ1n) is 11.5. The molecular weight excluding hydrogens is 448 g/mol. The van der Waals surface area contributed by atoms with E-state index >= 15 is 0 Å². The van der Waals surface area contributed by atoms with Crippen LogP contribution in [0.4, 0.5) is 5.95 Å². The number of fused-ring (bicyclic) bond motifs is 7. The molecule has 35 heavy (non-hydrogen) atoms. The van der Waals surface area contributed by atoms with Gasteiger partial charge in [0.25, 0.3) is 5.91 Å². The molecule has 0 unspecified atom stereocenters.